The van der Waals surface area contributed by atoms with E-state index in [0.717, 1.165) is 0 Å². The predicted octanol–water partition coefficient (Wildman–Crippen LogP) is -1.10. The molecule has 3 amide bonds. The van der Waals surface area contributed by atoms with E-state index >= 15 is 0 Å². The van der Waals surface area contributed by atoms with Gasteiger partial charge in [-0.1, -0.05) is 0 Å². The smallest absolute Gasteiger partial charge is 0.255 e. The van der Waals surface area contributed by atoms with Crippen molar-refractivity contribution in [3.8, 4) is 0 Å². The number of hydrogen-bond donors (Lipinski definition) is 4. The first-order valence-corrected chi connectivity index (χ1v) is 5.67. The number of nitrogen functional groups attached to an aromatic ring is 1. The van der Waals surface area contributed by atoms with Crippen LogP contribution in [0, 0.1) is 0 Å². The van der Waals surface area contributed by atoms with Crippen molar-refractivity contribution >= 4 is 23.4 Å². The molecule has 1 saturated heterocycles. The summed E-state index contributed by atoms with van der Waals surface area (Å²) in [6.45, 7) is 0. The predicted molar refractivity (Wildman–Crippen MR) is 65.7 cm³/mol. The van der Waals surface area contributed by atoms with Crippen LogP contribution >= 0.6 is 0 Å². The Morgan fingerprint density at radius 1 is 1.47 bits per heavy atom. The summed E-state index contributed by atoms with van der Waals surface area (Å²) in [5.41, 5.74) is 3.01. The minimum Gasteiger partial charge on any atom is -0.340 e. The van der Waals surface area contributed by atoms with Gasteiger partial charge in [0.1, 0.15) is 6.04 Å². The van der Waals surface area contributed by atoms with Crippen molar-refractivity contribution in [2.75, 3.05) is 5.43 Å². The van der Waals surface area contributed by atoms with Crippen molar-refractivity contribution in [3.63, 3.8) is 0 Å². The number of hydrogen-bond acceptors (Lipinski definition) is 6. The number of nitrogens with one attached hydrogen (secondary N) is 3. The average Bonchev–Trinajstić information content (AvgIpc) is 2.41. The molecule has 0 radical (unpaired) electrons. The van der Waals surface area contributed by atoms with E-state index in [-0.39, 0.29) is 24.3 Å². The molecule has 1 aliphatic heterocycles. The van der Waals surface area contributed by atoms with Crippen LogP contribution in [0.3, 0.4) is 0 Å². The highest BCUT2D eigenvalue weighted by Crippen LogP contribution is 2.13. The Bertz CT molecular complexity index is 531. The molecule has 2 rings (SSSR count). The summed E-state index contributed by atoms with van der Waals surface area (Å²) in [7, 11) is 0. The summed E-state index contributed by atoms with van der Waals surface area (Å²) in [4.78, 5) is 38.4. The zero-order chi connectivity index (χ0) is 13.8. The number of piperidine rings is 1. The number of aromatic nitrogens is 1. The standard InChI is InChI=1S/C11H13N5O3/c12-16-7-3-4-13-5-6(7)10(18)14-8-1-2-9(17)15-11(8)19/h3-5,8H,1-2,12H2,(H,13,16)(H,14,18)(H,15,17,19). The summed E-state index contributed by atoms with van der Waals surface area (Å²) in [6, 6.07) is 0.815. The first-order chi connectivity index (χ1) is 9.11. The van der Waals surface area contributed by atoms with E-state index in [4.69, 9.17) is 5.84 Å². The molecule has 0 aromatic carbocycles. The van der Waals surface area contributed by atoms with Gasteiger partial charge in [0.25, 0.3) is 5.91 Å². The van der Waals surface area contributed by atoms with Crippen LogP contribution in [0.2, 0.25) is 0 Å². The normalized spacial score (nSPS) is 18.7. The van der Waals surface area contributed by atoms with Gasteiger partial charge >= 0.3 is 0 Å². The number of anilines is 1. The number of nitrogens with two attached hydrogens (primary N) is 1. The number of nitrogens with zero attached hydrogens (tertiary/aromatic N) is 1. The Kier molecular flexibility index (Phi) is 3.71. The summed E-state index contributed by atoms with van der Waals surface area (Å²) in [5, 5.41) is 4.71. The van der Waals surface area contributed by atoms with Crippen molar-refractivity contribution < 1.29 is 14.4 Å². The minimum atomic E-state index is -0.726. The van der Waals surface area contributed by atoms with Crippen LogP contribution in [0.15, 0.2) is 18.5 Å². The average molecular weight is 263 g/mol. The number of imide groups is 1. The zero-order valence-corrected chi connectivity index (χ0v) is 9.97. The van der Waals surface area contributed by atoms with Gasteiger partial charge in [-0.25, -0.2) is 0 Å². The summed E-state index contributed by atoms with van der Waals surface area (Å²) >= 11 is 0. The molecular weight excluding hydrogens is 250 g/mol. The maximum absolute atomic E-state index is 12.0. The molecular formula is C11H13N5O3. The fourth-order valence-electron chi connectivity index (χ4n) is 1.77. The maximum Gasteiger partial charge on any atom is 0.255 e. The Balaban J connectivity index is 2.09. The molecule has 19 heavy (non-hydrogen) atoms. The molecule has 1 aliphatic rings. The van der Waals surface area contributed by atoms with Crippen molar-refractivity contribution in [2.45, 2.75) is 18.9 Å². The van der Waals surface area contributed by atoms with Crippen molar-refractivity contribution in [1.82, 2.24) is 15.6 Å². The van der Waals surface area contributed by atoms with Gasteiger partial charge in [0.05, 0.1) is 11.3 Å². The Morgan fingerprint density at radius 2 is 2.26 bits per heavy atom. The second kappa shape index (κ2) is 5.44. The fraction of sp³-hybridized carbons (Fsp3) is 0.273. The van der Waals surface area contributed by atoms with Crippen LogP contribution in [-0.2, 0) is 9.59 Å². The molecule has 0 aliphatic carbocycles. The summed E-state index contributed by atoms with van der Waals surface area (Å²) in [6.07, 6.45) is 3.31. The lowest BCUT2D eigenvalue weighted by molar-refractivity contribution is -0.134. The zero-order valence-electron chi connectivity index (χ0n) is 9.97. The molecule has 1 atom stereocenters. The number of rotatable bonds is 3. The van der Waals surface area contributed by atoms with Crippen molar-refractivity contribution in [3.05, 3.63) is 24.0 Å². The Morgan fingerprint density at radius 3 is 2.95 bits per heavy atom. The molecule has 0 bridgehead atoms. The first kappa shape index (κ1) is 13.0. The molecule has 8 nitrogen and oxygen atoms in total. The largest absolute Gasteiger partial charge is 0.340 e. The minimum absolute atomic E-state index is 0.200. The van der Waals surface area contributed by atoms with E-state index in [0.29, 0.717) is 5.69 Å². The lowest BCUT2D eigenvalue weighted by atomic mass is 10.1. The van der Waals surface area contributed by atoms with Crippen LogP contribution in [0.1, 0.15) is 23.2 Å². The van der Waals surface area contributed by atoms with Crippen LogP contribution < -0.4 is 21.9 Å². The van der Waals surface area contributed by atoms with Gasteiger partial charge in [-0.3, -0.25) is 30.5 Å². The van der Waals surface area contributed by atoms with Gasteiger partial charge in [-0.05, 0) is 12.5 Å². The number of pyridine rings is 1. The Labute approximate surface area is 108 Å². The molecule has 1 fully saturated rings. The van der Waals surface area contributed by atoms with Crippen molar-refractivity contribution in [1.29, 1.82) is 0 Å². The van der Waals surface area contributed by atoms with E-state index in [9.17, 15) is 14.4 Å². The third kappa shape index (κ3) is 2.86. The highest BCUT2D eigenvalue weighted by molar-refractivity contribution is 6.05. The second-order valence-corrected chi connectivity index (χ2v) is 4.04. The quantitative estimate of drug-likeness (QED) is 0.311. The van der Waals surface area contributed by atoms with E-state index in [2.05, 4.69) is 21.0 Å². The van der Waals surface area contributed by atoms with E-state index in [1.54, 1.807) is 6.07 Å². The summed E-state index contributed by atoms with van der Waals surface area (Å²) in [5.74, 6) is 3.97. The summed E-state index contributed by atoms with van der Waals surface area (Å²) < 4.78 is 0. The molecule has 8 heteroatoms. The molecule has 0 saturated carbocycles. The number of carbonyl (C=O) groups is 3. The van der Waals surface area contributed by atoms with Gasteiger partial charge in [-0.2, -0.15) is 0 Å². The van der Waals surface area contributed by atoms with Gasteiger partial charge in [0.2, 0.25) is 11.8 Å². The number of carbonyl (C=O) groups excluding carboxylic acids is 3. The molecule has 1 aromatic heterocycles. The van der Waals surface area contributed by atoms with E-state index in [1.165, 1.54) is 12.4 Å². The highest BCUT2D eigenvalue weighted by atomic mass is 16.2. The maximum atomic E-state index is 12.0. The molecule has 2 heterocycles. The second-order valence-electron chi connectivity index (χ2n) is 4.04. The van der Waals surface area contributed by atoms with Crippen molar-refractivity contribution in [2.24, 2.45) is 5.84 Å². The fourth-order valence-corrected chi connectivity index (χ4v) is 1.77. The molecule has 100 valence electrons. The van der Waals surface area contributed by atoms with Crippen LogP contribution in [0.4, 0.5) is 5.69 Å². The molecule has 1 aromatic rings. The molecule has 0 spiro atoms. The lowest BCUT2D eigenvalue weighted by Crippen LogP contribution is -2.52. The molecule has 5 N–H and O–H groups in total. The monoisotopic (exact) mass is 263 g/mol. The third-order valence-corrected chi connectivity index (χ3v) is 2.77. The topological polar surface area (TPSA) is 126 Å². The Hall–Kier alpha value is -2.48. The van der Waals surface area contributed by atoms with Gasteiger partial charge in [0.15, 0.2) is 0 Å². The van der Waals surface area contributed by atoms with Gasteiger partial charge < -0.3 is 10.7 Å². The van der Waals surface area contributed by atoms with Crippen LogP contribution in [0.5, 0.6) is 0 Å². The van der Waals surface area contributed by atoms with E-state index < -0.39 is 17.9 Å². The first-order valence-electron chi connectivity index (χ1n) is 5.67. The number of hydrazine groups is 1. The SMILES string of the molecule is NNc1ccncc1C(=O)NC1CCC(=O)NC1=O. The third-order valence-electron chi connectivity index (χ3n) is 2.77. The highest BCUT2D eigenvalue weighted by Gasteiger charge is 2.28. The van der Waals surface area contributed by atoms with Gasteiger partial charge in [-0.15, -0.1) is 0 Å². The van der Waals surface area contributed by atoms with Crippen LogP contribution in [0.25, 0.3) is 0 Å². The van der Waals surface area contributed by atoms with E-state index in [1.807, 2.05) is 0 Å². The van der Waals surface area contributed by atoms with Crippen LogP contribution in [-0.4, -0.2) is 28.7 Å². The lowest BCUT2D eigenvalue weighted by Gasteiger charge is -2.22. The van der Waals surface area contributed by atoms with Gasteiger partial charge in [0, 0.05) is 18.8 Å². The molecule has 1 unspecified atom stereocenters. The number of amides is 3.